The average molecular weight is 324 g/mol. The molecule has 8 heteroatoms. The van der Waals surface area contributed by atoms with E-state index in [0.29, 0.717) is 6.42 Å². The Bertz CT molecular complexity index is 844. The number of nitrogens with zero attached hydrogens (tertiary/aromatic N) is 2. The molecule has 0 radical (unpaired) electrons. The predicted octanol–water partition coefficient (Wildman–Crippen LogP) is 1.96. The predicted molar refractivity (Wildman–Crippen MR) is 76.1 cm³/mol. The summed E-state index contributed by atoms with van der Waals surface area (Å²) >= 11 is 0. The quantitative estimate of drug-likeness (QED) is 0.843. The van der Waals surface area contributed by atoms with Crippen molar-refractivity contribution in [2.45, 2.75) is 13.3 Å². The molecule has 0 unspecified atom stereocenters. The fourth-order valence-electron chi connectivity index (χ4n) is 2.33. The van der Waals surface area contributed by atoms with E-state index in [1.54, 1.807) is 6.07 Å². The van der Waals surface area contributed by atoms with Gasteiger partial charge in [-0.05, 0) is 25.5 Å². The van der Waals surface area contributed by atoms with Gasteiger partial charge in [-0.3, -0.25) is 4.79 Å². The standard InChI is InChI=1S/C14H13FN2O4S/c1-9-12(14(18)17-7-4-8-22(17,19)20)16-13(21-9)10-5-2-3-6-11(10)15/h2-3,5-6H,4,7-8H2,1H3. The molecule has 22 heavy (non-hydrogen) atoms. The van der Waals surface area contributed by atoms with Gasteiger partial charge in [0.15, 0.2) is 5.69 Å². The van der Waals surface area contributed by atoms with E-state index in [1.165, 1.54) is 25.1 Å². The maximum atomic E-state index is 13.8. The van der Waals surface area contributed by atoms with Gasteiger partial charge in [-0.25, -0.2) is 22.1 Å². The molecule has 0 aliphatic carbocycles. The van der Waals surface area contributed by atoms with Crippen molar-refractivity contribution in [3.63, 3.8) is 0 Å². The Labute approximate surface area is 126 Å². The second-order valence-electron chi connectivity index (χ2n) is 4.95. The summed E-state index contributed by atoms with van der Waals surface area (Å²) in [6.45, 7) is 1.62. The summed E-state index contributed by atoms with van der Waals surface area (Å²) < 4.78 is 43.5. The van der Waals surface area contributed by atoms with Crippen molar-refractivity contribution in [1.29, 1.82) is 0 Å². The van der Waals surface area contributed by atoms with Gasteiger partial charge in [0.05, 0.1) is 11.3 Å². The van der Waals surface area contributed by atoms with E-state index >= 15 is 0 Å². The summed E-state index contributed by atoms with van der Waals surface area (Å²) in [7, 11) is -3.59. The molecule has 0 spiro atoms. The van der Waals surface area contributed by atoms with Gasteiger partial charge in [-0.2, -0.15) is 0 Å². The molecule has 116 valence electrons. The molecular formula is C14H13FN2O4S. The van der Waals surface area contributed by atoms with Crippen LogP contribution < -0.4 is 0 Å². The summed E-state index contributed by atoms with van der Waals surface area (Å²) in [6.07, 6.45) is 0.394. The zero-order valence-electron chi connectivity index (χ0n) is 11.7. The van der Waals surface area contributed by atoms with Gasteiger partial charge in [0, 0.05) is 6.54 Å². The Hall–Kier alpha value is -2.22. The van der Waals surface area contributed by atoms with Crippen molar-refractivity contribution in [3.8, 4) is 11.5 Å². The smallest absolute Gasteiger partial charge is 0.289 e. The molecule has 1 aromatic heterocycles. The van der Waals surface area contributed by atoms with Crippen molar-refractivity contribution < 1.29 is 22.0 Å². The number of sulfonamides is 1. The summed E-state index contributed by atoms with van der Waals surface area (Å²) in [4.78, 5) is 16.3. The van der Waals surface area contributed by atoms with Crippen molar-refractivity contribution in [2.24, 2.45) is 0 Å². The van der Waals surface area contributed by atoms with E-state index in [-0.39, 0.29) is 35.2 Å². The van der Waals surface area contributed by atoms with Gasteiger partial charge >= 0.3 is 0 Å². The molecule has 1 aliphatic heterocycles. The zero-order valence-corrected chi connectivity index (χ0v) is 12.6. The highest BCUT2D eigenvalue weighted by Crippen LogP contribution is 2.26. The minimum atomic E-state index is -3.59. The monoisotopic (exact) mass is 324 g/mol. The highest BCUT2D eigenvalue weighted by Gasteiger charge is 2.35. The van der Waals surface area contributed by atoms with E-state index in [2.05, 4.69) is 4.98 Å². The van der Waals surface area contributed by atoms with Gasteiger partial charge in [-0.15, -0.1) is 0 Å². The zero-order chi connectivity index (χ0) is 15.9. The van der Waals surface area contributed by atoms with Crippen LogP contribution in [0.2, 0.25) is 0 Å². The summed E-state index contributed by atoms with van der Waals surface area (Å²) in [5.41, 5.74) is 0.0117. The van der Waals surface area contributed by atoms with Crippen LogP contribution in [0.5, 0.6) is 0 Å². The molecule has 6 nitrogen and oxygen atoms in total. The summed E-state index contributed by atoms with van der Waals surface area (Å²) in [6, 6.07) is 5.87. The van der Waals surface area contributed by atoms with Crippen LogP contribution in [0, 0.1) is 12.7 Å². The topological polar surface area (TPSA) is 80.5 Å². The van der Waals surface area contributed by atoms with E-state index in [4.69, 9.17) is 4.42 Å². The first-order chi connectivity index (χ1) is 10.4. The maximum Gasteiger partial charge on any atom is 0.289 e. The van der Waals surface area contributed by atoms with Crippen LogP contribution >= 0.6 is 0 Å². The number of aryl methyl sites for hydroxylation is 1. The fraction of sp³-hybridized carbons (Fsp3) is 0.286. The number of rotatable bonds is 2. The number of carbonyl (C=O) groups excluding carboxylic acids is 1. The normalized spacial score (nSPS) is 16.9. The Balaban J connectivity index is 2.00. The van der Waals surface area contributed by atoms with Crippen molar-refractivity contribution in [1.82, 2.24) is 9.29 Å². The van der Waals surface area contributed by atoms with Crippen molar-refractivity contribution >= 4 is 15.9 Å². The van der Waals surface area contributed by atoms with Crippen LogP contribution in [0.1, 0.15) is 22.7 Å². The Kier molecular flexibility index (Phi) is 3.48. The SMILES string of the molecule is Cc1oc(-c2ccccc2F)nc1C(=O)N1CCCS1(=O)=O. The first kappa shape index (κ1) is 14.7. The number of oxazole rings is 1. The largest absolute Gasteiger partial charge is 0.440 e. The molecule has 1 saturated heterocycles. The average Bonchev–Trinajstić information content (AvgIpc) is 3.01. The molecule has 0 atom stereocenters. The molecule has 1 aliphatic rings. The van der Waals surface area contributed by atoms with Gasteiger partial charge < -0.3 is 4.42 Å². The lowest BCUT2D eigenvalue weighted by atomic mass is 10.2. The Morgan fingerprint density at radius 1 is 1.36 bits per heavy atom. The van der Waals surface area contributed by atoms with E-state index in [1.807, 2.05) is 0 Å². The van der Waals surface area contributed by atoms with Crippen molar-refractivity contribution in [2.75, 3.05) is 12.3 Å². The minimum absolute atomic E-state index is 0.0458. The Morgan fingerprint density at radius 2 is 2.09 bits per heavy atom. The number of hydrogen-bond acceptors (Lipinski definition) is 5. The van der Waals surface area contributed by atoms with Crippen LogP contribution in [0.25, 0.3) is 11.5 Å². The number of carbonyl (C=O) groups is 1. The molecule has 1 amide bonds. The third kappa shape index (κ3) is 2.39. The van der Waals surface area contributed by atoms with Crippen LogP contribution in [-0.4, -0.2) is 35.9 Å². The van der Waals surface area contributed by atoms with E-state index in [9.17, 15) is 17.6 Å². The Morgan fingerprint density at radius 3 is 2.73 bits per heavy atom. The number of aromatic nitrogens is 1. The summed E-state index contributed by atoms with van der Waals surface area (Å²) in [5, 5.41) is 0. The lowest BCUT2D eigenvalue weighted by molar-refractivity contribution is 0.0863. The molecule has 2 heterocycles. The van der Waals surface area contributed by atoms with Crippen LogP contribution in [0.3, 0.4) is 0 Å². The highest BCUT2D eigenvalue weighted by atomic mass is 32.2. The molecule has 0 bridgehead atoms. The molecule has 2 aromatic rings. The molecule has 3 rings (SSSR count). The van der Waals surface area contributed by atoms with E-state index in [0.717, 1.165) is 4.31 Å². The molecule has 1 aromatic carbocycles. The summed E-state index contributed by atoms with van der Waals surface area (Å²) in [5.74, 6) is -1.21. The first-order valence-electron chi connectivity index (χ1n) is 6.67. The highest BCUT2D eigenvalue weighted by molar-refractivity contribution is 7.89. The first-order valence-corrected chi connectivity index (χ1v) is 8.28. The van der Waals surface area contributed by atoms with Crippen molar-refractivity contribution in [3.05, 3.63) is 41.5 Å². The minimum Gasteiger partial charge on any atom is -0.440 e. The number of halogens is 1. The molecule has 1 fully saturated rings. The number of hydrogen-bond donors (Lipinski definition) is 0. The fourth-order valence-corrected chi connectivity index (χ4v) is 3.79. The molecular weight excluding hydrogens is 311 g/mol. The third-order valence-corrected chi connectivity index (χ3v) is 5.25. The van der Waals surface area contributed by atoms with E-state index < -0.39 is 21.7 Å². The van der Waals surface area contributed by atoms with Crippen LogP contribution in [-0.2, 0) is 10.0 Å². The third-order valence-electron chi connectivity index (χ3n) is 3.43. The number of benzene rings is 1. The maximum absolute atomic E-state index is 13.8. The second-order valence-corrected chi connectivity index (χ2v) is 6.96. The molecule has 0 N–H and O–H groups in total. The second kappa shape index (κ2) is 5.20. The van der Waals surface area contributed by atoms with Gasteiger partial charge in [0.25, 0.3) is 5.91 Å². The van der Waals surface area contributed by atoms with Gasteiger partial charge in [-0.1, -0.05) is 12.1 Å². The van der Waals surface area contributed by atoms with Gasteiger partial charge in [0.1, 0.15) is 11.6 Å². The lowest BCUT2D eigenvalue weighted by Gasteiger charge is -2.12. The number of amides is 1. The van der Waals surface area contributed by atoms with Crippen LogP contribution in [0.4, 0.5) is 4.39 Å². The van der Waals surface area contributed by atoms with Crippen LogP contribution in [0.15, 0.2) is 28.7 Å². The van der Waals surface area contributed by atoms with Gasteiger partial charge in [0.2, 0.25) is 15.9 Å². The molecule has 0 saturated carbocycles. The lowest BCUT2D eigenvalue weighted by Crippen LogP contribution is -2.33.